The second kappa shape index (κ2) is 40.3. The van der Waals surface area contributed by atoms with E-state index in [9.17, 15) is 19.2 Å². The minimum atomic E-state index is -0.449. The summed E-state index contributed by atoms with van der Waals surface area (Å²) in [7, 11) is 4.38. The number of amides is 4. The highest BCUT2D eigenvalue weighted by atomic mass is 16.2. The summed E-state index contributed by atoms with van der Waals surface area (Å²) in [6.07, 6.45) is 40.1. The van der Waals surface area contributed by atoms with Crippen LogP contribution in [0.3, 0.4) is 0 Å². The molecule has 10 heteroatoms. The maximum atomic E-state index is 13.9. The molecule has 2 fully saturated rings. The molecule has 2 rings (SSSR count). The van der Waals surface area contributed by atoms with Crippen LogP contribution in [0.2, 0.25) is 0 Å². The lowest BCUT2D eigenvalue weighted by Crippen LogP contribution is -2.53. The summed E-state index contributed by atoms with van der Waals surface area (Å²) in [5.74, 6) is 0.325. The third kappa shape index (κ3) is 28.0. The van der Waals surface area contributed by atoms with Crippen molar-refractivity contribution in [2.24, 2.45) is 11.8 Å². The second-order valence-electron chi connectivity index (χ2n) is 22.6. The third-order valence-electron chi connectivity index (χ3n) is 15.8. The van der Waals surface area contributed by atoms with Crippen LogP contribution in [0.4, 0.5) is 0 Å². The molecule has 4 unspecified atom stereocenters. The van der Waals surface area contributed by atoms with Crippen LogP contribution in [0, 0.1) is 11.8 Å². The summed E-state index contributed by atoms with van der Waals surface area (Å²) in [6, 6.07) is 0.0550. The summed E-state index contributed by atoms with van der Waals surface area (Å²) in [6.45, 7) is 17.6. The van der Waals surface area contributed by atoms with Crippen LogP contribution in [0.25, 0.3) is 0 Å². The van der Waals surface area contributed by atoms with Crippen molar-refractivity contribution in [1.82, 2.24) is 30.2 Å². The molecule has 0 radical (unpaired) electrons. The number of unbranched alkanes of at least 4 members (excludes halogenated alkanes) is 24. The monoisotopic (exact) mass is 971 g/mol. The molecule has 0 bridgehead atoms. The van der Waals surface area contributed by atoms with E-state index in [4.69, 9.17) is 0 Å². The molecule has 2 aliphatic rings. The van der Waals surface area contributed by atoms with Crippen molar-refractivity contribution < 1.29 is 19.2 Å². The van der Waals surface area contributed by atoms with E-state index in [1.165, 1.54) is 128 Å². The summed E-state index contributed by atoms with van der Waals surface area (Å²) in [5.41, 5.74) is 0. The Morgan fingerprint density at radius 2 is 0.739 bits per heavy atom. The Morgan fingerprint density at radius 1 is 0.449 bits per heavy atom. The van der Waals surface area contributed by atoms with E-state index >= 15 is 0 Å². The molecular weight excluding hydrogens is 857 g/mol. The fourth-order valence-electron chi connectivity index (χ4n) is 11.3. The van der Waals surface area contributed by atoms with E-state index in [-0.39, 0.29) is 35.5 Å². The third-order valence-corrected chi connectivity index (χ3v) is 15.8. The van der Waals surface area contributed by atoms with Gasteiger partial charge in [-0.25, -0.2) is 0 Å². The molecule has 2 saturated heterocycles. The maximum Gasteiger partial charge on any atom is 0.243 e. The molecule has 10 nitrogen and oxygen atoms in total. The number of nitrogens with one attached hydrogen (secondary N) is 2. The zero-order chi connectivity index (χ0) is 50.5. The van der Waals surface area contributed by atoms with Gasteiger partial charge in [0.05, 0.1) is 0 Å². The van der Waals surface area contributed by atoms with Gasteiger partial charge in [0.15, 0.2) is 0 Å². The molecule has 404 valence electrons. The number of likely N-dealkylation sites (tertiary alicyclic amines) is 2. The minimum absolute atomic E-state index is 0.0129. The van der Waals surface area contributed by atoms with Crippen LogP contribution in [0.15, 0.2) is 0 Å². The molecule has 0 aromatic carbocycles. The highest BCUT2D eigenvalue weighted by molar-refractivity contribution is 5.88. The summed E-state index contributed by atoms with van der Waals surface area (Å²) in [4.78, 5) is 64.3. The zero-order valence-corrected chi connectivity index (χ0v) is 46.9. The first-order chi connectivity index (χ1) is 33.4. The molecule has 0 aromatic rings. The molecule has 69 heavy (non-hydrogen) atoms. The predicted molar refractivity (Wildman–Crippen MR) is 292 cm³/mol. The van der Waals surface area contributed by atoms with E-state index < -0.39 is 12.1 Å². The Bertz CT molecular complexity index is 1220. The van der Waals surface area contributed by atoms with Crippen molar-refractivity contribution >= 4 is 23.6 Å². The van der Waals surface area contributed by atoms with Gasteiger partial charge < -0.3 is 30.2 Å². The van der Waals surface area contributed by atoms with Crippen LogP contribution in [0.5, 0.6) is 0 Å². The lowest BCUT2D eigenvalue weighted by molar-refractivity contribution is -0.142. The van der Waals surface area contributed by atoms with Crippen molar-refractivity contribution in [3.63, 3.8) is 0 Å². The van der Waals surface area contributed by atoms with Crippen LogP contribution in [-0.4, -0.2) is 121 Å². The first kappa shape index (κ1) is 62.9. The van der Waals surface area contributed by atoms with Gasteiger partial charge in [-0.05, 0) is 103 Å². The SMILES string of the molecule is CCCCCCCCCCCCCC(=O)N(CCC1CCCN1C)C(C(=O)NCCCCCCCNC(=O)C(C(C)C)N(CCC1CCCN1C)C(=O)CCCCCCCCCCCCC)C(C)C. The minimum Gasteiger partial charge on any atom is -0.354 e. The van der Waals surface area contributed by atoms with E-state index in [0.29, 0.717) is 51.1 Å². The van der Waals surface area contributed by atoms with Crippen LogP contribution >= 0.6 is 0 Å². The lowest BCUT2D eigenvalue weighted by atomic mass is 9.99. The molecule has 2 heterocycles. The molecule has 0 saturated carbocycles. The normalized spacial score (nSPS) is 17.5. The molecule has 0 spiro atoms. The molecule has 0 aromatic heterocycles. The molecular formula is C59H114N6O4. The van der Waals surface area contributed by atoms with E-state index in [2.05, 4.69) is 76.1 Å². The van der Waals surface area contributed by atoms with Gasteiger partial charge in [-0.3, -0.25) is 19.2 Å². The first-order valence-corrected chi connectivity index (χ1v) is 30.0. The Kier molecular flexibility index (Phi) is 36.7. The lowest BCUT2D eigenvalue weighted by Gasteiger charge is -2.35. The zero-order valence-electron chi connectivity index (χ0n) is 46.9. The number of carbonyl (C=O) groups is 4. The largest absolute Gasteiger partial charge is 0.354 e. The van der Waals surface area contributed by atoms with Gasteiger partial charge in [0, 0.05) is 51.1 Å². The van der Waals surface area contributed by atoms with Gasteiger partial charge >= 0.3 is 0 Å². The number of nitrogens with zero attached hydrogens (tertiary/aromatic N) is 4. The van der Waals surface area contributed by atoms with Gasteiger partial charge in [0.1, 0.15) is 12.1 Å². The highest BCUT2D eigenvalue weighted by Crippen LogP contribution is 2.24. The van der Waals surface area contributed by atoms with Crippen LogP contribution in [0.1, 0.15) is 266 Å². The predicted octanol–water partition coefficient (Wildman–Crippen LogP) is 13.2. The van der Waals surface area contributed by atoms with Crippen molar-refractivity contribution in [3.05, 3.63) is 0 Å². The van der Waals surface area contributed by atoms with E-state index in [1.807, 2.05) is 9.80 Å². The van der Waals surface area contributed by atoms with Gasteiger partial charge in [0.2, 0.25) is 23.6 Å². The summed E-state index contributed by atoms with van der Waals surface area (Å²) >= 11 is 0. The standard InChI is InChI=1S/C59H114N6O4/c1-9-11-13-15-17-19-21-23-25-28-32-40-54(66)64(48-42-52-38-36-46-62(52)7)56(50(3)4)58(68)60-44-34-30-27-31-35-45-61-59(69)57(51(5)6)65(49-43-53-39-37-47-63(53)8)55(67)41-33-29-26-24-22-20-18-16-14-12-10-2/h50-53,56-57H,9-49H2,1-8H3,(H,60,68)(H,61,69). The molecule has 4 amide bonds. The fraction of sp³-hybridized carbons (Fsp3) is 0.932. The average Bonchev–Trinajstić information content (AvgIpc) is 3.94. The Hall–Kier alpha value is -2.20. The number of rotatable bonds is 44. The first-order valence-electron chi connectivity index (χ1n) is 30.0. The van der Waals surface area contributed by atoms with E-state index in [1.54, 1.807) is 0 Å². The van der Waals surface area contributed by atoms with Gasteiger partial charge in [0.25, 0.3) is 0 Å². The Labute approximate surface area is 427 Å². The molecule has 4 atom stereocenters. The summed E-state index contributed by atoms with van der Waals surface area (Å²) in [5, 5.41) is 6.47. The summed E-state index contributed by atoms with van der Waals surface area (Å²) < 4.78 is 0. The van der Waals surface area contributed by atoms with Gasteiger partial charge in [-0.15, -0.1) is 0 Å². The van der Waals surface area contributed by atoms with E-state index in [0.717, 1.165) is 96.6 Å². The fourth-order valence-corrected chi connectivity index (χ4v) is 11.3. The van der Waals surface area contributed by atoms with Crippen molar-refractivity contribution in [3.8, 4) is 0 Å². The average molecular weight is 972 g/mol. The smallest absolute Gasteiger partial charge is 0.243 e. The van der Waals surface area contributed by atoms with Crippen molar-refractivity contribution in [2.45, 2.75) is 290 Å². The molecule has 2 N–H and O–H groups in total. The number of hydrogen-bond donors (Lipinski definition) is 2. The second-order valence-corrected chi connectivity index (χ2v) is 22.6. The van der Waals surface area contributed by atoms with Crippen LogP contribution in [-0.2, 0) is 19.2 Å². The maximum absolute atomic E-state index is 13.9. The quantitative estimate of drug-likeness (QED) is 0.0589. The highest BCUT2D eigenvalue weighted by Gasteiger charge is 2.35. The molecule has 2 aliphatic heterocycles. The van der Waals surface area contributed by atoms with Gasteiger partial charge in [-0.2, -0.15) is 0 Å². The Balaban J connectivity index is 1.80. The molecule has 0 aliphatic carbocycles. The van der Waals surface area contributed by atoms with Crippen molar-refractivity contribution in [2.75, 3.05) is 53.4 Å². The Morgan fingerprint density at radius 3 is 1.01 bits per heavy atom. The number of carbonyl (C=O) groups excluding carboxylic acids is 4. The topological polar surface area (TPSA) is 105 Å². The number of hydrogen-bond acceptors (Lipinski definition) is 6. The van der Waals surface area contributed by atoms with Crippen molar-refractivity contribution in [1.29, 1.82) is 0 Å². The van der Waals surface area contributed by atoms with Gasteiger partial charge in [-0.1, -0.05) is 189 Å². The van der Waals surface area contributed by atoms with Crippen LogP contribution < -0.4 is 10.6 Å².